The van der Waals surface area contributed by atoms with E-state index in [-0.39, 0.29) is 33.7 Å². The Morgan fingerprint density at radius 3 is 2.21 bits per heavy atom. The van der Waals surface area contributed by atoms with Crippen LogP contribution in [0.2, 0.25) is 0 Å². The lowest BCUT2D eigenvalue weighted by atomic mass is 9.78. The van der Waals surface area contributed by atoms with Crippen molar-refractivity contribution in [2.45, 2.75) is 51.2 Å². The van der Waals surface area contributed by atoms with Crippen molar-refractivity contribution in [2.75, 3.05) is 0 Å². The van der Waals surface area contributed by atoms with Crippen LogP contribution in [0.1, 0.15) is 52.0 Å². The van der Waals surface area contributed by atoms with Crippen molar-refractivity contribution in [1.29, 1.82) is 0 Å². The van der Waals surface area contributed by atoms with Gasteiger partial charge in [0.1, 0.15) is 11.6 Å². The van der Waals surface area contributed by atoms with E-state index in [1.165, 1.54) is 49.1 Å². The van der Waals surface area contributed by atoms with Crippen LogP contribution in [-0.4, -0.2) is 28.5 Å². The molecule has 4 nitrogen and oxygen atoms in total. The molecular weight excluding hydrogens is 498 g/mol. The molecule has 3 aromatic carbocycles. The summed E-state index contributed by atoms with van der Waals surface area (Å²) in [4.78, 5) is 27.7. The highest BCUT2D eigenvalue weighted by atomic mass is 19.4. The number of hydrogen-bond donors (Lipinski definition) is 0. The first-order chi connectivity index (χ1) is 17.8. The molecule has 8 heteroatoms. The first-order valence-corrected chi connectivity index (χ1v) is 12.1. The number of halogens is 4. The molecule has 196 valence electrons. The Balaban J connectivity index is 1.65. The Bertz CT molecular complexity index is 1500. The minimum Gasteiger partial charge on any atom is -0.422 e. The lowest BCUT2D eigenvalue weighted by Crippen LogP contribution is -2.56. The van der Waals surface area contributed by atoms with Gasteiger partial charge in [0.15, 0.2) is 5.41 Å². The Hall–Kier alpha value is -3.94. The van der Waals surface area contributed by atoms with Crippen LogP contribution >= 0.6 is 0 Å². The zero-order chi connectivity index (χ0) is 27.6. The van der Waals surface area contributed by atoms with Crippen LogP contribution in [0.15, 0.2) is 66.7 Å². The number of benzene rings is 3. The molecule has 0 unspecified atom stereocenters. The van der Waals surface area contributed by atoms with Crippen molar-refractivity contribution in [3.63, 3.8) is 0 Å². The van der Waals surface area contributed by atoms with E-state index in [9.17, 15) is 14.0 Å². The minimum atomic E-state index is -4.95. The Kier molecular flexibility index (Phi) is 5.78. The summed E-state index contributed by atoms with van der Waals surface area (Å²) in [5.74, 6) is -2.81. The predicted octanol–water partition coefficient (Wildman–Crippen LogP) is 6.68. The molecule has 1 atom stereocenters. The number of aryl methyl sites for hydroxylation is 2. The third kappa shape index (κ3) is 3.73. The molecule has 2 aliphatic heterocycles. The molecule has 38 heavy (non-hydrogen) atoms. The van der Waals surface area contributed by atoms with Gasteiger partial charge < -0.3 is 9.64 Å². The van der Waals surface area contributed by atoms with E-state index in [2.05, 4.69) is 0 Å². The SMILES string of the molecule is Cc1cc([C@@]2(C(F)(F)F)C=C3c4ccccc4CC(C)(C)N3C2=O)cc(C)c1OC(=O)c1ccccc1F. The molecule has 0 fully saturated rings. The first-order valence-electron chi connectivity index (χ1n) is 12.1. The van der Waals surface area contributed by atoms with Crippen LogP contribution in [0.5, 0.6) is 5.75 Å². The lowest BCUT2D eigenvalue weighted by Gasteiger charge is -2.43. The van der Waals surface area contributed by atoms with Gasteiger partial charge in [0.25, 0.3) is 5.91 Å². The van der Waals surface area contributed by atoms with E-state index < -0.39 is 34.8 Å². The number of nitrogens with zero attached hydrogens (tertiary/aromatic N) is 1. The quantitative estimate of drug-likeness (QED) is 0.219. The van der Waals surface area contributed by atoms with Gasteiger partial charge in [-0.05, 0) is 74.6 Å². The largest absolute Gasteiger partial charge is 0.422 e. The van der Waals surface area contributed by atoms with Crippen LogP contribution in [-0.2, 0) is 16.6 Å². The van der Waals surface area contributed by atoms with E-state index >= 15 is 13.2 Å². The standard InChI is InChI=1S/C30H25F4NO3/c1-17-13-20(14-18(2)25(17)38-26(36)22-11-7-8-12-23(22)31)29(30(32,33)34)16-24-21-10-6-5-9-19(21)15-28(3,4)35(24)27(29)37/h5-14,16H,15H2,1-4H3/t29-/m0/s1. The number of carbonyl (C=O) groups excluding carboxylic acids is 2. The minimum absolute atomic E-state index is 0.0147. The first kappa shape index (κ1) is 25.7. The maximum absolute atomic E-state index is 15.0. The average molecular weight is 524 g/mol. The van der Waals surface area contributed by atoms with Gasteiger partial charge in [0, 0.05) is 16.8 Å². The van der Waals surface area contributed by atoms with Gasteiger partial charge in [0.05, 0.1) is 5.56 Å². The molecule has 3 aromatic rings. The molecule has 0 N–H and O–H groups in total. The van der Waals surface area contributed by atoms with E-state index in [1.54, 1.807) is 26.0 Å². The second kappa shape index (κ2) is 8.55. The van der Waals surface area contributed by atoms with Crippen molar-refractivity contribution in [3.8, 4) is 5.75 Å². The summed E-state index contributed by atoms with van der Waals surface area (Å²) in [5, 5.41) is 0. The van der Waals surface area contributed by atoms with Gasteiger partial charge in [-0.25, -0.2) is 9.18 Å². The van der Waals surface area contributed by atoms with Crippen molar-refractivity contribution in [3.05, 3.63) is 106 Å². The predicted molar refractivity (Wildman–Crippen MR) is 134 cm³/mol. The number of carbonyl (C=O) groups is 2. The van der Waals surface area contributed by atoms with Crippen LogP contribution in [0.3, 0.4) is 0 Å². The van der Waals surface area contributed by atoms with Crippen LogP contribution < -0.4 is 4.74 Å². The maximum atomic E-state index is 15.0. The molecule has 5 rings (SSSR count). The van der Waals surface area contributed by atoms with Gasteiger partial charge in [-0.1, -0.05) is 48.5 Å². The number of fused-ring (bicyclic) bond motifs is 3. The third-order valence-electron chi connectivity index (χ3n) is 7.31. The molecular formula is C30H25F4NO3. The topological polar surface area (TPSA) is 46.6 Å². The summed E-state index contributed by atoms with van der Waals surface area (Å²) in [6, 6.07) is 14.9. The molecule has 2 aliphatic rings. The summed E-state index contributed by atoms with van der Waals surface area (Å²) in [6.07, 6.45) is -3.53. The number of alkyl halides is 3. The fraction of sp³-hybridized carbons (Fsp3) is 0.267. The maximum Gasteiger partial charge on any atom is 0.410 e. The second-order valence-corrected chi connectivity index (χ2v) is 10.4. The summed E-state index contributed by atoms with van der Waals surface area (Å²) >= 11 is 0. The lowest BCUT2D eigenvalue weighted by molar-refractivity contribution is -0.187. The van der Waals surface area contributed by atoms with Crippen molar-refractivity contribution >= 4 is 17.6 Å². The average Bonchev–Trinajstić information content (AvgIpc) is 3.16. The van der Waals surface area contributed by atoms with Gasteiger partial charge in [-0.2, -0.15) is 13.2 Å². The molecule has 0 saturated heterocycles. The number of amides is 1. The van der Waals surface area contributed by atoms with E-state index in [0.717, 1.165) is 17.7 Å². The molecule has 0 bridgehead atoms. The highest BCUT2D eigenvalue weighted by Crippen LogP contribution is 2.55. The van der Waals surface area contributed by atoms with Gasteiger partial charge >= 0.3 is 12.1 Å². The molecule has 1 amide bonds. The Morgan fingerprint density at radius 1 is 0.974 bits per heavy atom. The molecule has 0 radical (unpaired) electrons. The summed E-state index contributed by atoms with van der Waals surface area (Å²) in [6.45, 7) is 6.49. The van der Waals surface area contributed by atoms with Crippen LogP contribution in [0.25, 0.3) is 5.70 Å². The summed E-state index contributed by atoms with van der Waals surface area (Å²) < 4.78 is 64.6. The van der Waals surface area contributed by atoms with E-state index in [4.69, 9.17) is 4.74 Å². The normalized spacial score (nSPS) is 20.1. The monoisotopic (exact) mass is 523 g/mol. The van der Waals surface area contributed by atoms with Crippen molar-refractivity contribution in [1.82, 2.24) is 4.90 Å². The number of rotatable bonds is 3. The Morgan fingerprint density at radius 2 is 1.58 bits per heavy atom. The smallest absolute Gasteiger partial charge is 0.410 e. The Labute approximate surface area is 217 Å². The highest BCUT2D eigenvalue weighted by Gasteiger charge is 2.67. The molecule has 0 saturated carbocycles. The second-order valence-electron chi connectivity index (χ2n) is 10.4. The van der Waals surface area contributed by atoms with Gasteiger partial charge in [-0.15, -0.1) is 0 Å². The van der Waals surface area contributed by atoms with Gasteiger partial charge in [-0.3, -0.25) is 4.79 Å². The number of hydrogen-bond acceptors (Lipinski definition) is 3. The number of ether oxygens (including phenoxy) is 1. The molecule has 0 spiro atoms. The van der Waals surface area contributed by atoms with Crippen molar-refractivity contribution < 1.29 is 31.9 Å². The number of esters is 1. The molecule has 0 aliphatic carbocycles. The van der Waals surface area contributed by atoms with Gasteiger partial charge in [0.2, 0.25) is 0 Å². The molecule has 2 heterocycles. The molecule has 0 aromatic heterocycles. The van der Waals surface area contributed by atoms with E-state index in [1.807, 2.05) is 12.1 Å². The fourth-order valence-electron chi connectivity index (χ4n) is 5.57. The van der Waals surface area contributed by atoms with Crippen LogP contribution in [0.4, 0.5) is 17.6 Å². The third-order valence-corrected chi connectivity index (χ3v) is 7.31. The highest BCUT2D eigenvalue weighted by molar-refractivity contribution is 6.05. The van der Waals surface area contributed by atoms with E-state index in [0.29, 0.717) is 12.0 Å². The van der Waals surface area contributed by atoms with Crippen molar-refractivity contribution in [2.24, 2.45) is 0 Å². The fourth-order valence-corrected chi connectivity index (χ4v) is 5.57. The zero-order valence-electron chi connectivity index (χ0n) is 21.2. The van der Waals surface area contributed by atoms with Crippen LogP contribution in [0, 0.1) is 19.7 Å². The zero-order valence-corrected chi connectivity index (χ0v) is 21.2. The summed E-state index contributed by atoms with van der Waals surface area (Å²) in [5.41, 5.74) is -2.27. The summed E-state index contributed by atoms with van der Waals surface area (Å²) in [7, 11) is 0.